The summed E-state index contributed by atoms with van der Waals surface area (Å²) in [7, 11) is 0. The van der Waals surface area contributed by atoms with E-state index in [4.69, 9.17) is 5.73 Å². The second kappa shape index (κ2) is 8.23. The number of primary amides is 1. The Hall–Kier alpha value is -2.89. The molecule has 2 amide bonds. The van der Waals surface area contributed by atoms with E-state index in [1.165, 1.54) is 11.8 Å². The zero-order chi connectivity index (χ0) is 20.3. The average molecular weight is 393 g/mol. The highest BCUT2D eigenvalue weighted by atomic mass is 16.2. The van der Waals surface area contributed by atoms with E-state index in [0.717, 1.165) is 57.6 Å². The predicted molar refractivity (Wildman–Crippen MR) is 113 cm³/mol. The van der Waals surface area contributed by atoms with E-state index in [0.29, 0.717) is 18.0 Å². The first-order chi connectivity index (χ1) is 14.1. The van der Waals surface area contributed by atoms with Crippen molar-refractivity contribution >= 4 is 17.6 Å². The Balaban J connectivity index is 1.37. The van der Waals surface area contributed by atoms with Crippen LogP contribution in [0.1, 0.15) is 41.6 Å². The molecule has 3 heterocycles. The lowest BCUT2D eigenvalue weighted by Gasteiger charge is -2.39. The number of benzene rings is 1. The fourth-order valence-corrected chi connectivity index (χ4v) is 4.65. The summed E-state index contributed by atoms with van der Waals surface area (Å²) in [6.45, 7) is 3.19. The first-order valence-electron chi connectivity index (χ1n) is 10.4. The number of rotatable bonds is 6. The monoisotopic (exact) mass is 392 g/mol. The molecule has 2 fully saturated rings. The molecule has 29 heavy (non-hydrogen) atoms. The van der Waals surface area contributed by atoms with Crippen molar-refractivity contribution in [1.82, 2.24) is 9.88 Å². The number of carbonyl (C=O) groups is 2. The van der Waals surface area contributed by atoms with Gasteiger partial charge in [-0.2, -0.15) is 0 Å². The number of hydrogen-bond acceptors (Lipinski definition) is 4. The minimum atomic E-state index is -0.476. The van der Waals surface area contributed by atoms with Gasteiger partial charge in [0.25, 0.3) is 0 Å². The minimum absolute atomic E-state index is 0.297. The zero-order valence-corrected chi connectivity index (χ0v) is 16.7. The highest BCUT2D eigenvalue weighted by Crippen LogP contribution is 2.41. The quantitative estimate of drug-likeness (QED) is 0.820. The van der Waals surface area contributed by atoms with E-state index in [-0.39, 0.29) is 5.41 Å². The molecule has 1 aromatic heterocycles. The topological polar surface area (TPSA) is 79.5 Å². The molecule has 4 rings (SSSR count). The van der Waals surface area contributed by atoms with E-state index >= 15 is 0 Å². The molecule has 2 aliphatic heterocycles. The SMILES string of the molecule is NC(=O)c1ccc(N2CCC3(CCCN(CCCc4ccccc4)C3=O)C2)nc1. The third-order valence-electron chi connectivity index (χ3n) is 6.27. The molecule has 2 N–H and O–H groups in total. The molecule has 2 saturated heterocycles. The van der Waals surface area contributed by atoms with Crippen LogP contribution in [0.3, 0.4) is 0 Å². The normalized spacial score (nSPS) is 21.7. The Morgan fingerprint density at radius 1 is 1.10 bits per heavy atom. The van der Waals surface area contributed by atoms with Gasteiger partial charge in [-0.25, -0.2) is 4.98 Å². The van der Waals surface area contributed by atoms with Crippen LogP contribution in [-0.4, -0.2) is 47.9 Å². The fraction of sp³-hybridized carbons (Fsp3) is 0.435. The summed E-state index contributed by atoms with van der Waals surface area (Å²) in [4.78, 5) is 33.2. The van der Waals surface area contributed by atoms with E-state index < -0.39 is 5.91 Å². The summed E-state index contributed by atoms with van der Waals surface area (Å²) in [5, 5.41) is 0. The lowest BCUT2D eigenvalue weighted by atomic mass is 9.78. The second-order valence-electron chi connectivity index (χ2n) is 8.21. The second-order valence-corrected chi connectivity index (χ2v) is 8.21. The highest BCUT2D eigenvalue weighted by molar-refractivity contribution is 5.92. The van der Waals surface area contributed by atoms with Crippen molar-refractivity contribution in [1.29, 1.82) is 0 Å². The van der Waals surface area contributed by atoms with Crippen LogP contribution in [0.2, 0.25) is 0 Å². The van der Waals surface area contributed by atoms with Crippen molar-refractivity contribution in [2.45, 2.75) is 32.1 Å². The standard InChI is InChI=1S/C23H28N4O2/c24-21(28)19-9-10-20(25-16-19)27-15-12-23(17-27)11-5-14-26(22(23)29)13-4-8-18-6-2-1-3-7-18/h1-3,6-7,9-10,16H,4-5,8,11-15,17H2,(H2,24,28). The predicted octanol–water partition coefficient (Wildman–Crippen LogP) is 2.63. The lowest BCUT2D eigenvalue weighted by Crippen LogP contribution is -2.50. The minimum Gasteiger partial charge on any atom is -0.366 e. The van der Waals surface area contributed by atoms with E-state index in [2.05, 4.69) is 39.0 Å². The Kier molecular flexibility index (Phi) is 5.51. The molecule has 6 heteroatoms. The molecule has 0 radical (unpaired) electrons. The van der Waals surface area contributed by atoms with Gasteiger partial charge < -0.3 is 15.5 Å². The molecule has 0 saturated carbocycles. The highest BCUT2D eigenvalue weighted by Gasteiger charge is 2.48. The number of pyridine rings is 1. The molecule has 1 unspecified atom stereocenters. The van der Waals surface area contributed by atoms with Crippen molar-refractivity contribution in [2.24, 2.45) is 11.1 Å². The molecule has 1 spiro atoms. The van der Waals surface area contributed by atoms with Crippen LogP contribution in [0, 0.1) is 5.41 Å². The number of carbonyl (C=O) groups excluding carboxylic acids is 2. The maximum atomic E-state index is 13.3. The molecule has 0 bridgehead atoms. The van der Waals surface area contributed by atoms with Crippen LogP contribution in [0.5, 0.6) is 0 Å². The van der Waals surface area contributed by atoms with Crippen molar-refractivity contribution in [3.05, 3.63) is 59.8 Å². The summed E-state index contributed by atoms with van der Waals surface area (Å²) < 4.78 is 0. The van der Waals surface area contributed by atoms with Crippen LogP contribution in [0.4, 0.5) is 5.82 Å². The number of nitrogens with two attached hydrogens (primary N) is 1. The molecule has 0 aliphatic carbocycles. The van der Waals surface area contributed by atoms with Gasteiger partial charge in [-0.15, -0.1) is 0 Å². The third-order valence-corrected chi connectivity index (χ3v) is 6.27. The molecule has 6 nitrogen and oxygen atoms in total. The smallest absolute Gasteiger partial charge is 0.250 e. The van der Waals surface area contributed by atoms with Crippen LogP contribution < -0.4 is 10.6 Å². The Labute approximate surface area is 171 Å². The molecular formula is C23H28N4O2. The maximum absolute atomic E-state index is 13.3. The molecule has 1 atom stereocenters. The van der Waals surface area contributed by atoms with E-state index in [1.54, 1.807) is 6.07 Å². The summed E-state index contributed by atoms with van der Waals surface area (Å²) in [5.74, 6) is 0.629. The van der Waals surface area contributed by atoms with Gasteiger partial charge in [-0.05, 0) is 49.8 Å². The first-order valence-corrected chi connectivity index (χ1v) is 10.4. The number of piperidine rings is 1. The molecule has 2 aliphatic rings. The number of nitrogens with zero attached hydrogens (tertiary/aromatic N) is 3. The molecule has 1 aromatic carbocycles. The number of aromatic nitrogens is 1. The summed E-state index contributed by atoms with van der Waals surface area (Å²) in [6, 6.07) is 14.0. The van der Waals surface area contributed by atoms with Crippen molar-refractivity contribution in [3.8, 4) is 0 Å². The molecule has 152 valence electrons. The zero-order valence-electron chi connectivity index (χ0n) is 16.7. The Morgan fingerprint density at radius 2 is 1.93 bits per heavy atom. The number of anilines is 1. The van der Waals surface area contributed by atoms with E-state index in [9.17, 15) is 9.59 Å². The number of hydrogen-bond donors (Lipinski definition) is 1. The fourth-order valence-electron chi connectivity index (χ4n) is 4.65. The van der Waals surface area contributed by atoms with Crippen molar-refractivity contribution in [3.63, 3.8) is 0 Å². The maximum Gasteiger partial charge on any atom is 0.250 e. The van der Waals surface area contributed by atoms with Gasteiger partial charge >= 0.3 is 0 Å². The summed E-state index contributed by atoms with van der Waals surface area (Å²) in [5.41, 5.74) is 6.73. The summed E-state index contributed by atoms with van der Waals surface area (Å²) >= 11 is 0. The number of aryl methyl sites for hydroxylation is 1. The van der Waals surface area contributed by atoms with E-state index in [1.807, 2.05) is 12.1 Å². The van der Waals surface area contributed by atoms with Gasteiger partial charge in [0.05, 0.1) is 11.0 Å². The van der Waals surface area contributed by atoms with Crippen LogP contribution in [0.15, 0.2) is 48.7 Å². The Morgan fingerprint density at radius 3 is 2.66 bits per heavy atom. The largest absolute Gasteiger partial charge is 0.366 e. The number of amides is 2. The van der Waals surface area contributed by atoms with Gasteiger partial charge in [0.1, 0.15) is 5.82 Å². The third kappa shape index (κ3) is 4.11. The van der Waals surface area contributed by atoms with Gasteiger partial charge in [0.15, 0.2) is 0 Å². The van der Waals surface area contributed by atoms with Crippen molar-refractivity contribution < 1.29 is 9.59 Å². The molecular weight excluding hydrogens is 364 g/mol. The van der Waals surface area contributed by atoms with Gasteiger partial charge in [-0.1, -0.05) is 30.3 Å². The lowest BCUT2D eigenvalue weighted by molar-refractivity contribution is -0.145. The summed E-state index contributed by atoms with van der Waals surface area (Å²) in [6.07, 6.45) is 6.36. The first kappa shape index (κ1) is 19.4. The average Bonchev–Trinajstić information content (AvgIpc) is 3.17. The van der Waals surface area contributed by atoms with Gasteiger partial charge in [-0.3, -0.25) is 9.59 Å². The Bertz CT molecular complexity index is 868. The van der Waals surface area contributed by atoms with Crippen LogP contribution in [-0.2, 0) is 11.2 Å². The van der Waals surface area contributed by atoms with Gasteiger partial charge in [0, 0.05) is 32.4 Å². The van der Waals surface area contributed by atoms with Crippen LogP contribution in [0.25, 0.3) is 0 Å². The van der Waals surface area contributed by atoms with Gasteiger partial charge in [0.2, 0.25) is 11.8 Å². The number of likely N-dealkylation sites (tertiary alicyclic amines) is 1. The molecule has 2 aromatic rings. The van der Waals surface area contributed by atoms with Crippen molar-refractivity contribution in [2.75, 3.05) is 31.1 Å². The van der Waals surface area contributed by atoms with Crippen LogP contribution >= 0.6 is 0 Å².